The molecule has 32 nitrogen and oxygen atoms in total. The first-order chi connectivity index (χ1) is 46.6. The lowest BCUT2D eigenvalue weighted by molar-refractivity contribution is -0.157. The van der Waals surface area contributed by atoms with Crippen molar-refractivity contribution in [3.63, 3.8) is 0 Å². The largest absolute Gasteiger partial charge is 0.458 e. The number of fused-ring (bicyclic) bond motifs is 6. The molecule has 8 amide bonds. The molecule has 0 unspecified atom stereocenters. The van der Waals surface area contributed by atoms with E-state index in [0.29, 0.717) is 150 Å². The Morgan fingerprint density at radius 2 is 1.21 bits per heavy atom. The van der Waals surface area contributed by atoms with Crippen LogP contribution in [-0.4, -0.2) is 229 Å². The molecule has 2 aromatic heterocycles. The van der Waals surface area contributed by atoms with Crippen molar-refractivity contribution in [2.45, 2.75) is 123 Å². The lowest BCUT2D eigenvalue weighted by atomic mass is 9.98. The Labute approximate surface area is 561 Å². The average molecular weight is 1370 g/mol. The average Bonchev–Trinajstić information content (AvgIpc) is 1.59. The number of aliphatic hydroxyl groups excluding tert-OH is 1. The SMILES string of the molecule is CC(C)[C@H](NC(=O)CCOCCOCCOCCOCCOCCOCCOCCOCCNC(=O)CCN1C(=O)C=CC1=O)C(=O)N[C@@H](CCCCNC(=O)OC(C)(C)C)C(=O)N[C@H](C)C(=O)NCc1c2c(nc3cc4c(cc13)OCO4)-c1cc3c(c(=O)n1C2)COC(=O)[C@H]3O. The van der Waals surface area contributed by atoms with Crippen LogP contribution in [0.5, 0.6) is 11.5 Å². The molecule has 7 N–H and O–H groups in total. The molecule has 6 heterocycles. The number of rotatable bonds is 44. The first-order valence-corrected chi connectivity index (χ1v) is 32.5. The van der Waals surface area contributed by atoms with Crippen LogP contribution in [0.25, 0.3) is 22.3 Å². The van der Waals surface area contributed by atoms with Gasteiger partial charge >= 0.3 is 12.1 Å². The Morgan fingerprint density at radius 1 is 0.629 bits per heavy atom. The number of unbranched alkanes of at least 4 members (excludes halogenated alkanes) is 1. The fourth-order valence-electron chi connectivity index (χ4n) is 10.3. The van der Waals surface area contributed by atoms with Gasteiger partial charge in [-0.3, -0.25) is 43.3 Å². The molecule has 97 heavy (non-hydrogen) atoms. The van der Waals surface area contributed by atoms with Crippen LogP contribution in [0, 0.1) is 5.92 Å². The van der Waals surface area contributed by atoms with Crippen LogP contribution in [0.1, 0.15) is 102 Å². The summed E-state index contributed by atoms with van der Waals surface area (Å²) >= 11 is 0. The van der Waals surface area contributed by atoms with Gasteiger partial charge in [0, 0.05) is 73.8 Å². The van der Waals surface area contributed by atoms with Gasteiger partial charge in [-0.2, -0.15) is 0 Å². The second kappa shape index (κ2) is 38.7. The van der Waals surface area contributed by atoms with Crippen molar-refractivity contribution >= 4 is 64.3 Å². The Hall–Kier alpha value is -8.21. The van der Waals surface area contributed by atoms with Gasteiger partial charge in [0.15, 0.2) is 17.6 Å². The zero-order valence-corrected chi connectivity index (χ0v) is 55.8. The number of cyclic esters (lactones) is 1. The number of esters is 1. The molecule has 3 aromatic rings. The van der Waals surface area contributed by atoms with Gasteiger partial charge in [-0.15, -0.1) is 0 Å². The van der Waals surface area contributed by atoms with Crippen molar-refractivity contribution in [1.29, 1.82) is 0 Å². The summed E-state index contributed by atoms with van der Waals surface area (Å²) in [5.41, 5.74) is 1.44. The normalized spacial score (nSPS) is 15.4. The highest BCUT2D eigenvalue weighted by atomic mass is 16.7. The molecular weight excluding hydrogens is 1270 g/mol. The first-order valence-electron chi connectivity index (χ1n) is 32.5. The molecule has 4 atom stereocenters. The summed E-state index contributed by atoms with van der Waals surface area (Å²) in [5, 5.41) is 27.8. The zero-order chi connectivity index (χ0) is 69.9. The molecule has 0 radical (unpaired) electrons. The number of aromatic nitrogens is 2. The van der Waals surface area contributed by atoms with Gasteiger partial charge in [-0.1, -0.05) is 13.8 Å². The molecule has 0 saturated carbocycles. The number of nitrogens with one attached hydrogen (secondary N) is 6. The molecule has 0 spiro atoms. The molecule has 0 saturated heterocycles. The van der Waals surface area contributed by atoms with Gasteiger partial charge in [0.05, 0.1) is 135 Å². The van der Waals surface area contributed by atoms with E-state index in [1.54, 1.807) is 52.8 Å². The van der Waals surface area contributed by atoms with Crippen LogP contribution in [0.15, 0.2) is 35.1 Å². The summed E-state index contributed by atoms with van der Waals surface area (Å²) in [6.45, 7) is 15.5. The minimum Gasteiger partial charge on any atom is -0.458 e. The standard InChI is InChI=1S/C65H91N9O23/c1-40(2)56(72-53(76)13-17-86-19-21-88-23-25-90-27-29-92-31-32-93-30-28-91-26-24-89-22-20-87-18-15-66-52(75)12-16-73-54(77)10-11-55(73)78)61(82)71-47(9-7-8-14-67-64(85)97-65(4,5)6)60(81)69-41(3)59(80)68-36-44-42-34-50-51(96-39-95-50)35-48(42)70-57-45(44)37-74-49(57)33-43-46(62(74)83)38-94-63(84)58(43)79/h10-11,33-35,40-41,47,56,58,79H,7-9,12-32,36-39H2,1-6H3,(H,66,75)(H,67,85)(H,68,80)(H,69,81)(H,71,82)(H,72,76)/t41-,47+,56+,58+/m1/s1. The second-order valence-corrected chi connectivity index (χ2v) is 24.1. The highest BCUT2D eigenvalue weighted by Crippen LogP contribution is 2.42. The number of aliphatic hydroxyl groups is 1. The van der Waals surface area contributed by atoms with Crippen LogP contribution in [0.4, 0.5) is 4.79 Å². The van der Waals surface area contributed by atoms with Gasteiger partial charge in [0.1, 0.15) is 30.3 Å². The Morgan fingerprint density at radius 3 is 1.79 bits per heavy atom. The van der Waals surface area contributed by atoms with E-state index in [2.05, 4.69) is 31.9 Å². The van der Waals surface area contributed by atoms with Gasteiger partial charge < -0.3 is 98.4 Å². The van der Waals surface area contributed by atoms with Crippen molar-refractivity contribution in [2.75, 3.05) is 132 Å². The van der Waals surface area contributed by atoms with Gasteiger partial charge in [-0.25, -0.2) is 14.6 Å². The predicted octanol–water partition coefficient (Wildman–Crippen LogP) is 0.640. The Balaban J connectivity index is 0.754. The van der Waals surface area contributed by atoms with Crippen molar-refractivity contribution in [3.05, 3.63) is 63.0 Å². The molecule has 0 fully saturated rings. The molecule has 4 aliphatic heterocycles. The maximum atomic E-state index is 14.2. The van der Waals surface area contributed by atoms with Crippen LogP contribution >= 0.6 is 0 Å². The van der Waals surface area contributed by atoms with Crippen LogP contribution in [0.3, 0.4) is 0 Å². The number of carbonyl (C=O) groups is 9. The fourth-order valence-corrected chi connectivity index (χ4v) is 10.3. The summed E-state index contributed by atoms with van der Waals surface area (Å²) < 4.78 is 67.3. The lowest BCUT2D eigenvalue weighted by Crippen LogP contribution is -2.57. The second-order valence-electron chi connectivity index (χ2n) is 24.1. The van der Waals surface area contributed by atoms with Crippen LogP contribution < -0.4 is 46.9 Å². The number of benzene rings is 1. The number of carbonyl (C=O) groups excluding carboxylic acids is 9. The van der Waals surface area contributed by atoms with Crippen molar-refractivity contribution < 1.29 is 105 Å². The number of amides is 8. The maximum absolute atomic E-state index is 14.2. The van der Waals surface area contributed by atoms with Gasteiger partial charge in [0.25, 0.3) is 17.4 Å². The van der Waals surface area contributed by atoms with Crippen molar-refractivity contribution in [1.82, 2.24) is 46.4 Å². The minimum atomic E-state index is -1.66. The number of hydrogen-bond acceptors (Lipinski definition) is 24. The van der Waals surface area contributed by atoms with E-state index < -0.39 is 88.8 Å². The number of nitrogens with zero attached hydrogens (tertiary/aromatic N) is 3. The quantitative estimate of drug-likeness (QED) is 0.0181. The molecule has 32 heteroatoms. The summed E-state index contributed by atoms with van der Waals surface area (Å²) in [4.78, 5) is 135. The van der Waals surface area contributed by atoms with E-state index in [1.807, 2.05) is 0 Å². The summed E-state index contributed by atoms with van der Waals surface area (Å²) in [6, 6.07) is 1.57. The fraction of sp³-hybridized carbons (Fsp3) is 0.615. The highest BCUT2D eigenvalue weighted by Gasteiger charge is 2.36. The van der Waals surface area contributed by atoms with E-state index in [-0.39, 0.29) is 95.7 Å². The number of hydrogen-bond donors (Lipinski definition) is 7. The minimum absolute atomic E-state index is 0.0199. The molecule has 0 bridgehead atoms. The molecule has 1 aromatic carbocycles. The topological polar surface area (TPSA) is 395 Å². The summed E-state index contributed by atoms with van der Waals surface area (Å²) in [7, 11) is 0. The number of ether oxygens (including phenoxy) is 12. The highest BCUT2D eigenvalue weighted by molar-refractivity contribution is 6.13. The third-order valence-electron chi connectivity index (χ3n) is 15.4. The van der Waals surface area contributed by atoms with E-state index in [9.17, 15) is 53.1 Å². The first kappa shape index (κ1) is 76.2. The molecule has 534 valence electrons. The molecular formula is C65H91N9O23. The number of pyridine rings is 2. The van der Waals surface area contributed by atoms with Gasteiger partial charge in [-0.05, 0) is 70.6 Å². The van der Waals surface area contributed by atoms with E-state index >= 15 is 0 Å². The summed E-state index contributed by atoms with van der Waals surface area (Å²) in [6.07, 6.45) is 0.855. The summed E-state index contributed by atoms with van der Waals surface area (Å²) in [5.74, 6) is -3.92. The zero-order valence-electron chi connectivity index (χ0n) is 55.8. The van der Waals surface area contributed by atoms with Crippen LogP contribution in [0.2, 0.25) is 0 Å². The van der Waals surface area contributed by atoms with Crippen molar-refractivity contribution in [3.8, 4) is 22.9 Å². The molecule has 4 aliphatic rings. The molecule has 7 rings (SSSR count). The Kier molecular flexibility index (Phi) is 30.4. The third kappa shape index (κ3) is 23.8. The van der Waals surface area contributed by atoms with Gasteiger partial charge in [0.2, 0.25) is 36.3 Å². The monoisotopic (exact) mass is 1370 g/mol. The van der Waals surface area contributed by atoms with E-state index in [1.165, 1.54) is 23.6 Å². The predicted molar refractivity (Wildman–Crippen MR) is 342 cm³/mol. The number of imide groups is 1. The van der Waals surface area contributed by atoms with E-state index in [0.717, 1.165) is 4.90 Å². The number of alkyl carbamates (subject to hydrolysis) is 1. The smallest absolute Gasteiger partial charge is 0.407 e. The third-order valence-corrected chi connectivity index (χ3v) is 15.4. The maximum Gasteiger partial charge on any atom is 0.407 e. The van der Waals surface area contributed by atoms with Crippen LogP contribution in [-0.2, 0) is 105 Å². The Bertz CT molecular complexity index is 3300. The van der Waals surface area contributed by atoms with Crippen molar-refractivity contribution in [2.24, 2.45) is 5.92 Å². The lowest BCUT2D eigenvalue weighted by Gasteiger charge is -2.26. The van der Waals surface area contributed by atoms with E-state index in [4.69, 9.17) is 61.8 Å². The molecule has 0 aliphatic carbocycles.